The van der Waals surface area contributed by atoms with E-state index in [0.717, 1.165) is 31.5 Å². The van der Waals surface area contributed by atoms with E-state index in [1.165, 1.54) is 34.9 Å². The van der Waals surface area contributed by atoms with Crippen molar-refractivity contribution in [3.05, 3.63) is 57.3 Å². The van der Waals surface area contributed by atoms with Crippen molar-refractivity contribution < 1.29 is 9.18 Å². The van der Waals surface area contributed by atoms with Gasteiger partial charge in [-0.2, -0.15) is 0 Å². The molecule has 144 valence electrons. The van der Waals surface area contributed by atoms with Crippen LogP contribution in [0.1, 0.15) is 36.1 Å². The number of nitrogens with zero attached hydrogens (tertiary/aromatic N) is 3. The summed E-state index contributed by atoms with van der Waals surface area (Å²) >= 11 is 1.31. The highest BCUT2D eigenvalue weighted by molar-refractivity contribution is 7.99. The van der Waals surface area contributed by atoms with Crippen LogP contribution in [0.15, 0.2) is 34.2 Å². The fourth-order valence-electron chi connectivity index (χ4n) is 3.23. The van der Waals surface area contributed by atoms with Crippen LogP contribution in [0.3, 0.4) is 0 Å². The fourth-order valence-corrected chi connectivity index (χ4v) is 4.14. The number of hydrogen-bond donors (Lipinski definition) is 0. The number of aromatic nitrogens is 2. The molecule has 1 fully saturated rings. The Labute approximate surface area is 162 Å². The standard InChI is InChI=1S/C20H24FN3O2S/c1-14-17(12-15-6-8-16(21)9-7-15)19(26)23(2)20(22-14)27-13-18(25)24-10-4-3-5-11-24/h6-9H,3-5,10-13H2,1-2H3. The third kappa shape index (κ3) is 4.77. The van der Waals surface area contributed by atoms with Crippen molar-refractivity contribution in [2.24, 2.45) is 7.05 Å². The van der Waals surface area contributed by atoms with E-state index in [2.05, 4.69) is 4.98 Å². The molecule has 1 aliphatic rings. The maximum Gasteiger partial charge on any atom is 0.257 e. The highest BCUT2D eigenvalue weighted by Crippen LogP contribution is 2.18. The van der Waals surface area contributed by atoms with E-state index < -0.39 is 0 Å². The van der Waals surface area contributed by atoms with E-state index in [-0.39, 0.29) is 23.0 Å². The first-order valence-electron chi connectivity index (χ1n) is 9.17. The number of hydrogen-bond acceptors (Lipinski definition) is 4. The van der Waals surface area contributed by atoms with Crippen molar-refractivity contribution in [2.45, 2.75) is 37.8 Å². The molecule has 0 atom stereocenters. The van der Waals surface area contributed by atoms with Crippen molar-refractivity contribution >= 4 is 17.7 Å². The maximum atomic E-state index is 13.1. The van der Waals surface area contributed by atoms with Gasteiger partial charge >= 0.3 is 0 Å². The summed E-state index contributed by atoms with van der Waals surface area (Å²) in [5, 5.41) is 0.547. The fraction of sp³-hybridized carbons (Fsp3) is 0.450. The van der Waals surface area contributed by atoms with Crippen LogP contribution in [0, 0.1) is 12.7 Å². The number of amides is 1. The molecule has 2 heterocycles. The minimum Gasteiger partial charge on any atom is -0.342 e. The Morgan fingerprint density at radius 2 is 1.85 bits per heavy atom. The molecule has 0 spiro atoms. The number of thioether (sulfide) groups is 1. The second-order valence-corrected chi connectivity index (χ2v) is 7.80. The van der Waals surface area contributed by atoms with E-state index in [1.54, 1.807) is 26.1 Å². The van der Waals surface area contributed by atoms with E-state index in [1.807, 2.05) is 4.90 Å². The monoisotopic (exact) mass is 389 g/mol. The van der Waals surface area contributed by atoms with Crippen LogP contribution in [0.2, 0.25) is 0 Å². The number of piperidine rings is 1. The van der Waals surface area contributed by atoms with Gasteiger partial charge in [-0.3, -0.25) is 14.2 Å². The average molecular weight is 389 g/mol. The van der Waals surface area contributed by atoms with Crippen LogP contribution in [-0.2, 0) is 18.3 Å². The summed E-state index contributed by atoms with van der Waals surface area (Å²) in [6.45, 7) is 3.44. The van der Waals surface area contributed by atoms with E-state index in [4.69, 9.17) is 0 Å². The molecule has 3 rings (SSSR count). The van der Waals surface area contributed by atoms with E-state index in [0.29, 0.717) is 22.8 Å². The Bertz CT molecular complexity index is 874. The maximum absolute atomic E-state index is 13.1. The van der Waals surface area contributed by atoms with Gasteiger partial charge in [0.15, 0.2) is 5.16 Å². The minimum atomic E-state index is -0.299. The lowest BCUT2D eigenvalue weighted by Crippen LogP contribution is -2.37. The summed E-state index contributed by atoms with van der Waals surface area (Å²) in [7, 11) is 1.68. The number of halogens is 1. The van der Waals surface area contributed by atoms with Gasteiger partial charge in [0.1, 0.15) is 5.82 Å². The third-order valence-corrected chi connectivity index (χ3v) is 5.89. The van der Waals surface area contributed by atoms with Gasteiger partial charge in [0.05, 0.1) is 5.75 Å². The molecule has 5 nitrogen and oxygen atoms in total. The van der Waals surface area contributed by atoms with Crippen molar-refractivity contribution in [3.63, 3.8) is 0 Å². The third-order valence-electron chi connectivity index (χ3n) is 4.88. The van der Waals surface area contributed by atoms with E-state index in [9.17, 15) is 14.0 Å². The molecule has 1 amide bonds. The van der Waals surface area contributed by atoms with Crippen LogP contribution in [0.4, 0.5) is 4.39 Å². The molecule has 7 heteroatoms. The SMILES string of the molecule is Cc1nc(SCC(=O)N2CCCCC2)n(C)c(=O)c1Cc1ccc(F)cc1. The molecule has 2 aromatic rings. The topological polar surface area (TPSA) is 55.2 Å². The Morgan fingerprint density at radius 1 is 1.19 bits per heavy atom. The second-order valence-electron chi connectivity index (χ2n) is 6.86. The Balaban J connectivity index is 1.73. The average Bonchev–Trinajstić information content (AvgIpc) is 2.69. The van der Waals surface area contributed by atoms with Crippen molar-refractivity contribution in [2.75, 3.05) is 18.8 Å². The Morgan fingerprint density at radius 3 is 2.52 bits per heavy atom. The molecule has 0 unspecified atom stereocenters. The van der Waals surface area contributed by atoms with Gasteiger partial charge in [-0.25, -0.2) is 9.37 Å². The molecule has 1 aromatic carbocycles. The zero-order valence-corrected chi connectivity index (χ0v) is 16.5. The lowest BCUT2D eigenvalue weighted by molar-refractivity contribution is -0.129. The molecule has 0 aliphatic carbocycles. The number of likely N-dealkylation sites (tertiary alicyclic amines) is 1. The van der Waals surface area contributed by atoms with Gasteiger partial charge in [-0.15, -0.1) is 0 Å². The summed E-state index contributed by atoms with van der Waals surface area (Å²) in [5.41, 5.74) is 1.98. The number of carbonyl (C=O) groups excluding carboxylic acids is 1. The Kier molecular flexibility index (Phi) is 6.31. The minimum absolute atomic E-state index is 0.0991. The smallest absolute Gasteiger partial charge is 0.257 e. The van der Waals surface area contributed by atoms with Gasteiger partial charge in [-0.1, -0.05) is 23.9 Å². The first-order chi connectivity index (χ1) is 13.0. The first-order valence-corrected chi connectivity index (χ1v) is 10.2. The zero-order chi connectivity index (χ0) is 19.4. The number of benzene rings is 1. The van der Waals surface area contributed by atoms with Crippen LogP contribution in [0.5, 0.6) is 0 Å². The molecule has 0 bridgehead atoms. The first kappa shape index (κ1) is 19.6. The van der Waals surface area contributed by atoms with Crippen LogP contribution >= 0.6 is 11.8 Å². The molecular weight excluding hydrogens is 365 g/mol. The number of rotatable bonds is 5. The highest BCUT2D eigenvalue weighted by Gasteiger charge is 2.18. The predicted molar refractivity (Wildman–Crippen MR) is 105 cm³/mol. The summed E-state index contributed by atoms with van der Waals surface area (Å²) < 4.78 is 14.6. The summed E-state index contributed by atoms with van der Waals surface area (Å²) in [6.07, 6.45) is 3.71. The van der Waals surface area contributed by atoms with Gasteiger partial charge in [0, 0.05) is 37.8 Å². The summed E-state index contributed by atoms with van der Waals surface area (Å²) in [4.78, 5) is 31.6. The predicted octanol–water partition coefficient (Wildman–Crippen LogP) is 2.92. The molecule has 1 aliphatic heterocycles. The number of carbonyl (C=O) groups is 1. The van der Waals surface area contributed by atoms with Crippen LogP contribution < -0.4 is 5.56 Å². The van der Waals surface area contributed by atoms with Gasteiger partial charge < -0.3 is 4.90 Å². The van der Waals surface area contributed by atoms with Crippen molar-refractivity contribution in [1.29, 1.82) is 0 Å². The van der Waals surface area contributed by atoms with Crippen LogP contribution in [0.25, 0.3) is 0 Å². The molecule has 0 saturated carbocycles. The molecule has 0 N–H and O–H groups in total. The summed E-state index contributed by atoms with van der Waals surface area (Å²) in [6, 6.07) is 6.13. The van der Waals surface area contributed by atoms with Crippen LogP contribution in [-0.4, -0.2) is 39.2 Å². The lowest BCUT2D eigenvalue weighted by atomic mass is 10.1. The Hall–Kier alpha value is -2.15. The van der Waals surface area contributed by atoms with Gasteiger partial charge in [-0.05, 0) is 43.9 Å². The molecule has 1 saturated heterocycles. The number of aryl methyl sites for hydroxylation is 1. The van der Waals surface area contributed by atoms with Gasteiger partial charge in [0.2, 0.25) is 5.91 Å². The van der Waals surface area contributed by atoms with E-state index >= 15 is 0 Å². The van der Waals surface area contributed by atoms with Crippen molar-refractivity contribution in [1.82, 2.24) is 14.5 Å². The zero-order valence-electron chi connectivity index (χ0n) is 15.7. The lowest BCUT2D eigenvalue weighted by Gasteiger charge is -2.26. The highest BCUT2D eigenvalue weighted by atomic mass is 32.2. The normalized spacial score (nSPS) is 14.4. The second kappa shape index (κ2) is 8.69. The quantitative estimate of drug-likeness (QED) is 0.583. The molecule has 0 radical (unpaired) electrons. The summed E-state index contributed by atoms with van der Waals surface area (Å²) in [5.74, 6) is 0.0884. The largest absolute Gasteiger partial charge is 0.342 e. The molecular formula is C20H24FN3O2S. The van der Waals surface area contributed by atoms with Gasteiger partial charge in [0.25, 0.3) is 5.56 Å². The molecule has 1 aromatic heterocycles. The molecule has 27 heavy (non-hydrogen) atoms. The van der Waals surface area contributed by atoms with Crippen molar-refractivity contribution in [3.8, 4) is 0 Å².